The highest BCUT2D eigenvalue weighted by Gasteiger charge is 2.11. The first kappa shape index (κ1) is 11.4. The molecular weight excluding hydrogens is 204 g/mol. The van der Waals surface area contributed by atoms with Crippen LogP contribution in [0.2, 0.25) is 0 Å². The molecule has 1 aromatic carbocycles. The van der Waals surface area contributed by atoms with E-state index in [9.17, 15) is 13.6 Å². The summed E-state index contributed by atoms with van der Waals surface area (Å²) in [6.45, 7) is 3.24. The molecule has 3 nitrogen and oxygen atoms in total. The molecule has 0 heterocycles. The predicted molar refractivity (Wildman–Crippen MR) is 51.7 cm³/mol. The molecule has 0 bridgehead atoms. The van der Waals surface area contributed by atoms with Crippen molar-refractivity contribution >= 4 is 11.8 Å². The number of nitrogens with one attached hydrogen (secondary N) is 1. The highest BCUT2D eigenvalue weighted by Crippen LogP contribution is 2.20. The van der Waals surface area contributed by atoms with Crippen molar-refractivity contribution in [2.75, 3.05) is 11.9 Å². The number of carbonyl (C=O) groups excluding carboxylic acids is 1. The lowest BCUT2D eigenvalue weighted by Gasteiger charge is -2.08. The van der Waals surface area contributed by atoms with E-state index in [4.69, 9.17) is 0 Å². The number of hydrogen-bond donors (Lipinski definition) is 1. The molecule has 0 saturated carbocycles. The fraction of sp³-hybridized carbons (Fsp3) is 0.300. The van der Waals surface area contributed by atoms with Crippen molar-refractivity contribution in [1.29, 1.82) is 0 Å². The van der Waals surface area contributed by atoms with Gasteiger partial charge in [0.2, 0.25) is 0 Å². The number of ether oxygens (including phenoxy) is 1. The Bertz CT molecular complexity index is 380. The maximum atomic E-state index is 13.1. The highest BCUT2D eigenvalue weighted by molar-refractivity contribution is 5.85. The van der Waals surface area contributed by atoms with E-state index in [-0.39, 0.29) is 17.9 Å². The second-order valence-corrected chi connectivity index (χ2v) is 2.88. The molecule has 0 aromatic heterocycles. The summed E-state index contributed by atoms with van der Waals surface area (Å²) in [6, 6.07) is 2.23. The molecule has 0 fully saturated rings. The van der Waals surface area contributed by atoms with Crippen molar-refractivity contribution in [1.82, 2.24) is 0 Å². The second-order valence-electron chi connectivity index (χ2n) is 2.88. The van der Waals surface area contributed by atoms with Crippen LogP contribution in [0.5, 0.6) is 0 Å². The lowest BCUT2D eigenvalue weighted by molar-refractivity contribution is 0.168. The number of anilines is 1. The van der Waals surface area contributed by atoms with Gasteiger partial charge in [-0.3, -0.25) is 5.32 Å². The van der Waals surface area contributed by atoms with Crippen LogP contribution in [0.25, 0.3) is 0 Å². The fourth-order valence-electron chi connectivity index (χ4n) is 1.06. The first-order valence-electron chi connectivity index (χ1n) is 4.44. The Morgan fingerprint density at radius 1 is 1.47 bits per heavy atom. The number of amides is 1. The van der Waals surface area contributed by atoms with Crippen LogP contribution < -0.4 is 5.32 Å². The largest absolute Gasteiger partial charge is 0.450 e. The monoisotopic (exact) mass is 215 g/mol. The summed E-state index contributed by atoms with van der Waals surface area (Å²) in [5, 5.41) is 2.31. The molecule has 0 aliphatic carbocycles. The highest BCUT2D eigenvalue weighted by atomic mass is 19.2. The van der Waals surface area contributed by atoms with Gasteiger partial charge in [0.15, 0.2) is 11.6 Å². The average Bonchev–Trinajstić information content (AvgIpc) is 2.20. The lowest BCUT2D eigenvalue weighted by Crippen LogP contribution is -2.14. The third-order valence-corrected chi connectivity index (χ3v) is 1.85. The summed E-state index contributed by atoms with van der Waals surface area (Å²) in [6.07, 6.45) is -0.688. The van der Waals surface area contributed by atoms with Crippen molar-refractivity contribution in [3.8, 4) is 0 Å². The Hall–Kier alpha value is -1.65. The van der Waals surface area contributed by atoms with E-state index >= 15 is 0 Å². The van der Waals surface area contributed by atoms with Crippen LogP contribution in [0.4, 0.5) is 19.3 Å². The number of halogens is 2. The predicted octanol–water partition coefficient (Wildman–Crippen LogP) is 2.84. The van der Waals surface area contributed by atoms with Gasteiger partial charge in [0, 0.05) is 5.56 Å². The Morgan fingerprint density at radius 3 is 2.73 bits per heavy atom. The van der Waals surface area contributed by atoms with Gasteiger partial charge < -0.3 is 4.74 Å². The average molecular weight is 215 g/mol. The quantitative estimate of drug-likeness (QED) is 0.823. The van der Waals surface area contributed by atoms with Crippen LogP contribution >= 0.6 is 0 Å². The summed E-state index contributed by atoms with van der Waals surface area (Å²) in [5.41, 5.74) is 0.246. The molecule has 1 N–H and O–H groups in total. The second kappa shape index (κ2) is 4.72. The molecule has 0 radical (unpaired) electrons. The van der Waals surface area contributed by atoms with Gasteiger partial charge >= 0.3 is 6.09 Å². The minimum Gasteiger partial charge on any atom is -0.450 e. The minimum atomic E-state index is -0.968. The topological polar surface area (TPSA) is 38.3 Å². The summed E-state index contributed by atoms with van der Waals surface area (Å²) < 4.78 is 30.4. The maximum Gasteiger partial charge on any atom is 0.411 e. The van der Waals surface area contributed by atoms with Gasteiger partial charge in [0.25, 0.3) is 0 Å². The zero-order chi connectivity index (χ0) is 11.4. The first-order valence-corrected chi connectivity index (χ1v) is 4.44. The van der Waals surface area contributed by atoms with Gasteiger partial charge in [-0.05, 0) is 26.0 Å². The summed E-state index contributed by atoms with van der Waals surface area (Å²) in [7, 11) is 0. The molecule has 1 amide bonds. The molecule has 82 valence electrons. The van der Waals surface area contributed by atoms with Gasteiger partial charge in [-0.15, -0.1) is 0 Å². The van der Waals surface area contributed by atoms with Gasteiger partial charge in [-0.1, -0.05) is 0 Å². The molecule has 0 saturated heterocycles. The summed E-state index contributed by atoms with van der Waals surface area (Å²) >= 11 is 0. The molecule has 15 heavy (non-hydrogen) atoms. The van der Waals surface area contributed by atoms with Gasteiger partial charge in [0.05, 0.1) is 12.3 Å². The van der Waals surface area contributed by atoms with Crippen molar-refractivity contribution in [2.45, 2.75) is 13.8 Å². The smallest absolute Gasteiger partial charge is 0.411 e. The molecule has 0 aliphatic heterocycles. The molecule has 1 aromatic rings. The third kappa shape index (κ3) is 2.65. The molecule has 0 spiro atoms. The zero-order valence-corrected chi connectivity index (χ0v) is 8.43. The normalized spacial score (nSPS) is 9.87. The molecule has 1 rings (SSSR count). The number of hydrogen-bond acceptors (Lipinski definition) is 2. The van der Waals surface area contributed by atoms with E-state index in [1.54, 1.807) is 6.92 Å². The van der Waals surface area contributed by atoms with Crippen molar-refractivity contribution in [2.24, 2.45) is 0 Å². The Labute approximate surface area is 86.0 Å². The van der Waals surface area contributed by atoms with E-state index in [0.717, 1.165) is 6.07 Å². The van der Waals surface area contributed by atoms with Crippen LogP contribution in [0, 0.1) is 18.6 Å². The first-order chi connectivity index (χ1) is 7.06. The minimum absolute atomic E-state index is 0.0445. The van der Waals surface area contributed by atoms with Crippen molar-refractivity contribution < 1.29 is 18.3 Å². The van der Waals surface area contributed by atoms with E-state index in [2.05, 4.69) is 10.1 Å². The van der Waals surface area contributed by atoms with Gasteiger partial charge in [0.1, 0.15) is 0 Å². The molecule has 0 atom stereocenters. The SMILES string of the molecule is CCOC(=O)Nc1ccc(F)c(F)c1C. The van der Waals surface area contributed by atoms with E-state index in [0.29, 0.717) is 0 Å². The van der Waals surface area contributed by atoms with Crippen LogP contribution in [-0.4, -0.2) is 12.7 Å². The zero-order valence-electron chi connectivity index (χ0n) is 8.43. The lowest BCUT2D eigenvalue weighted by atomic mass is 10.2. The molecular formula is C10H11F2NO2. The maximum absolute atomic E-state index is 13.1. The third-order valence-electron chi connectivity index (χ3n) is 1.85. The number of benzene rings is 1. The fourth-order valence-corrected chi connectivity index (χ4v) is 1.06. The van der Waals surface area contributed by atoms with E-state index < -0.39 is 17.7 Å². The molecule has 0 aliphatic rings. The van der Waals surface area contributed by atoms with E-state index in [1.807, 2.05) is 0 Å². The van der Waals surface area contributed by atoms with Crippen LogP contribution in [0.15, 0.2) is 12.1 Å². The Kier molecular flexibility index (Phi) is 3.60. The summed E-state index contributed by atoms with van der Waals surface area (Å²) in [5.74, 6) is -1.91. The van der Waals surface area contributed by atoms with Crippen LogP contribution in [-0.2, 0) is 4.74 Å². The molecule has 0 unspecified atom stereocenters. The van der Waals surface area contributed by atoms with Gasteiger partial charge in [-0.2, -0.15) is 0 Å². The summed E-state index contributed by atoms with van der Waals surface area (Å²) in [4.78, 5) is 11.0. The van der Waals surface area contributed by atoms with Crippen molar-refractivity contribution in [3.05, 3.63) is 29.3 Å². The van der Waals surface area contributed by atoms with Crippen LogP contribution in [0.1, 0.15) is 12.5 Å². The number of rotatable bonds is 2. The Morgan fingerprint density at radius 2 is 2.13 bits per heavy atom. The standard InChI is InChI=1S/C10H11F2NO2/c1-3-15-10(14)13-8-5-4-7(11)9(12)6(8)2/h4-5H,3H2,1-2H3,(H,13,14). The van der Waals surface area contributed by atoms with E-state index in [1.165, 1.54) is 13.0 Å². The van der Waals surface area contributed by atoms with Crippen molar-refractivity contribution in [3.63, 3.8) is 0 Å². The van der Waals surface area contributed by atoms with Gasteiger partial charge in [-0.25, -0.2) is 13.6 Å². The van der Waals surface area contributed by atoms with Crippen LogP contribution in [0.3, 0.4) is 0 Å². The number of carbonyl (C=O) groups is 1. The molecule has 5 heteroatoms. The Balaban J connectivity index is 2.87.